The number of hydrogen-bond donors (Lipinski definition) is 3. The van der Waals surface area contributed by atoms with Crippen molar-refractivity contribution in [3.63, 3.8) is 0 Å². The first-order valence-electron chi connectivity index (χ1n) is 7.53. The first-order valence-corrected chi connectivity index (χ1v) is 7.53. The zero-order valence-corrected chi connectivity index (χ0v) is 13.7. The highest BCUT2D eigenvalue weighted by Crippen LogP contribution is 2.49. The van der Waals surface area contributed by atoms with Gasteiger partial charge in [-0.1, -0.05) is 20.8 Å². The average molecular weight is 339 g/mol. The molecule has 1 aliphatic carbocycles. The largest absolute Gasteiger partial charge is 0.404 e. The van der Waals surface area contributed by atoms with Crippen LogP contribution >= 0.6 is 0 Å². The molecule has 1 aromatic carbocycles. The second-order valence-electron chi connectivity index (χ2n) is 6.62. The topological polar surface area (TPSA) is 79.0 Å². The number of carbonyl (C=O) groups is 1. The molecule has 0 aliphatic heterocycles. The van der Waals surface area contributed by atoms with E-state index in [0.717, 1.165) is 0 Å². The van der Waals surface area contributed by atoms with E-state index in [1.165, 1.54) is 12.1 Å². The van der Waals surface area contributed by atoms with Gasteiger partial charge in [-0.2, -0.15) is 0 Å². The van der Waals surface area contributed by atoms with Crippen LogP contribution in [-0.2, 0) is 10.2 Å². The lowest BCUT2D eigenvalue weighted by Crippen LogP contribution is -2.26. The Hall–Kier alpha value is -2.31. The van der Waals surface area contributed by atoms with Gasteiger partial charge in [0.15, 0.2) is 0 Å². The molecule has 2 rings (SSSR count). The first kappa shape index (κ1) is 18.0. The minimum Gasteiger partial charge on any atom is -0.404 e. The standard InChI is InChI=1S/C17H20F3N3O/c1-8-6-17(2,3)13-10(18)4-5-11(12(8)13)23-16(24)9(7-21)14(22)15(19)20/h4-5,7-8,15,22H,6,21H2,1-3H3,(H,23,24)/b9-7+,22-14?. The van der Waals surface area contributed by atoms with Crippen molar-refractivity contribution in [2.24, 2.45) is 5.73 Å². The number of alkyl halides is 2. The van der Waals surface area contributed by atoms with Crippen LogP contribution in [-0.4, -0.2) is 18.0 Å². The summed E-state index contributed by atoms with van der Waals surface area (Å²) in [5.41, 5.74) is 4.62. The summed E-state index contributed by atoms with van der Waals surface area (Å²) in [4.78, 5) is 12.2. The van der Waals surface area contributed by atoms with E-state index in [-0.39, 0.29) is 17.2 Å². The number of nitrogens with one attached hydrogen (secondary N) is 2. The smallest absolute Gasteiger partial charge is 0.280 e. The van der Waals surface area contributed by atoms with E-state index in [0.29, 0.717) is 29.4 Å². The van der Waals surface area contributed by atoms with Gasteiger partial charge in [0, 0.05) is 11.9 Å². The predicted molar refractivity (Wildman–Crippen MR) is 87.1 cm³/mol. The highest BCUT2D eigenvalue weighted by molar-refractivity contribution is 6.25. The molecular formula is C17H20F3N3O. The molecule has 1 aromatic rings. The fraction of sp³-hybridized carbons (Fsp3) is 0.412. The number of anilines is 1. The normalized spacial score (nSPS) is 19.3. The molecule has 0 saturated carbocycles. The van der Waals surface area contributed by atoms with Crippen LogP contribution in [0.5, 0.6) is 0 Å². The zero-order chi connectivity index (χ0) is 18.2. The molecule has 1 amide bonds. The summed E-state index contributed by atoms with van der Waals surface area (Å²) in [5, 5.41) is 9.76. The van der Waals surface area contributed by atoms with Crippen LogP contribution in [0.3, 0.4) is 0 Å². The lowest BCUT2D eigenvalue weighted by Gasteiger charge is -2.20. The molecule has 7 heteroatoms. The van der Waals surface area contributed by atoms with E-state index in [9.17, 15) is 18.0 Å². The monoisotopic (exact) mass is 339 g/mol. The van der Waals surface area contributed by atoms with Crippen molar-refractivity contribution in [2.75, 3.05) is 5.32 Å². The third-order valence-corrected chi connectivity index (χ3v) is 4.35. The van der Waals surface area contributed by atoms with E-state index in [1.54, 1.807) is 0 Å². The number of nitrogens with two attached hydrogens (primary N) is 1. The van der Waals surface area contributed by atoms with E-state index < -0.39 is 23.6 Å². The fourth-order valence-electron chi connectivity index (χ4n) is 3.47. The predicted octanol–water partition coefficient (Wildman–Crippen LogP) is 3.68. The van der Waals surface area contributed by atoms with Crippen molar-refractivity contribution in [1.82, 2.24) is 0 Å². The molecule has 1 atom stereocenters. The van der Waals surface area contributed by atoms with Gasteiger partial charge >= 0.3 is 0 Å². The van der Waals surface area contributed by atoms with Gasteiger partial charge in [-0.3, -0.25) is 10.2 Å². The van der Waals surface area contributed by atoms with Crippen molar-refractivity contribution in [2.45, 2.75) is 45.0 Å². The number of amides is 1. The Morgan fingerprint density at radius 1 is 1.46 bits per heavy atom. The molecule has 1 aliphatic rings. The van der Waals surface area contributed by atoms with Crippen molar-refractivity contribution in [1.29, 1.82) is 5.41 Å². The lowest BCUT2D eigenvalue weighted by atomic mass is 9.85. The third kappa shape index (κ3) is 3.02. The first-order chi connectivity index (χ1) is 11.1. The SMILES string of the molecule is CC1CC(C)(C)c2c(F)ccc(NC(=O)/C(=C/N)C(=N)C(F)F)c21. The quantitative estimate of drug-likeness (QED) is 0.578. The van der Waals surface area contributed by atoms with Crippen molar-refractivity contribution < 1.29 is 18.0 Å². The van der Waals surface area contributed by atoms with Gasteiger partial charge in [0.05, 0.1) is 5.57 Å². The Morgan fingerprint density at radius 3 is 2.62 bits per heavy atom. The van der Waals surface area contributed by atoms with Crippen LogP contribution < -0.4 is 11.1 Å². The van der Waals surface area contributed by atoms with E-state index in [1.807, 2.05) is 20.8 Å². The molecular weight excluding hydrogens is 319 g/mol. The van der Waals surface area contributed by atoms with Crippen LogP contribution in [0.4, 0.5) is 18.9 Å². The maximum atomic E-state index is 14.3. The summed E-state index contributed by atoms with van der Waals surface area (Å²) in [6.07, 6.45) is -1.72. The summed E-state index contributed by atoms with van der Waals surface area (Å²) in [6, 6.07) is 2.66. The van der Waals surface area contributed by atoms with Gasteiger partial charge in [-0.25, -0.2) is 13.2 Å². The lowest BCUT2D eigenvalue weighted by molar-refractivity contribution is -0.112. The van der Waals surface area contributed by atoms with Gasteiger partial charge in [0.2, 0.25) is 0 Å². The summed E-state index contributed by atoms with van der Waals surface area (Å²) >= 11 is 0. The van der Waals surface area contributed by atoms with E-state index in [4.69, 9.17) is 11.1 Å². The van der Waals surface area contributed by atoms with Gasteiger partial charge in [0.1, 0.15) is 11.5 Å². The number of benzene rings is 1. The van der Waals surface area contributed by atoms with Gasteiger partial charge in [-0.05, 0) is 41.0 Å². The summed E-state index contributed by atoms with van der Waals surface area (Å²) < 4.78 is 39.6. The minimum atomic E-state index is -3.11. The van der Waals surface area contributed by atoms with E-state index in [2.05, 4.69) is 5.32 Å². The fourth-order valence-corrected chi connectivity index (χ4v) is 3.47. The highest BCUT2D eigenvalue weighted by atomic mass is 19.3. The Balaban J connectivity index is 2.41. The van der Waals surface area contributed by atoms with Crippen LogP contribution in [0.2, 0.25) is 0 Å². The minimum absolute atomic E-state index is 0.000793. The van der Waals surface area contributed by atoms with Crippen molar-refractivity contribution in [3.8, 4) is 0 Å². The molecule has 0 saturated heterocycles. The van der Waals surface area contributed by atoms with Crippen LogP contribution in [0, 0.1) is 11.2 Å². The number of hydrogen-bond acceptors (Lipinski definition) is 3. The second-order valence-corrected chi connectivity index (χ2v) is 6.62. The van der Waals surface area contributed by atoms with Crippen molar-refractivity contribution >= 4 is 17.3 Å². The Bertz CT molecular complexity index is 726. The van der Waals surface area contributed by atoms with Crippen LogP contribution in [0.25, 0.3) is 0 Å². The Labute approximate surface area is 138 Å². The van der Waals surface area contributed by atoms with E-state index >= 15 is 0 Å². The second kappa shape index (κ2) is 6.30. The Kier molecular flexibility index (Phi) is 4.73. The van der Waals surface area contributed by atoms with Gasteiger partial charge < -0.3 is 11.1 Å². The summed E-state index contributed by atoms with van der Waals surface area (Å²) in [7, 11) is 0. The van der Waals surface area contributed by atoms with Gasteiger partial charge in [-0.15, -0.1) is 0 Å². The van der Waals surface area contributed by atoms with Crippen molar-refractivity contribution in [3.05, 3.63) is 40.8 Å². The molecule has 1 unspecified atom stereocenters. The maximum Gasteiger partial charge on any atom is 0.280 e. The van der Waals surface area contributed by atoms with Gasteiger partial charge in [0.25, 0.3) is 12.3 Å². The molecule has 4 N–H and O–H groups in total. The van der Waals surface area contributed by atoms with Crippen LogP contribution in [0.1, 0.15) is 44.2 Å². The third-order valence-electron chi connectivity index (χ3n) is 4.35. The van der Waals surface area contributed by atoms with Crippen LogP contribution in [0.15, 0.2) is 23.9 Å². The molecule has 130 valence electrons. The molecule has 0 fully saturated rings. The molecule has 0 heterocycles. The highest BCUT2D eigenvalue weighted by Gasteiger charge is 2.39. The number of fused-ring (bicyclic) bond motifs is 1. The summed E-state index contributed by atoms with van der Waals surface area (Å²) in [6.45, 7) is 5.76. The zero-order valence-electron chi connectivity index (χ0n) is 13.7. The Morgan fingerprint density at radius 2 is 2.08 bits per heavy atom. The maximum absolute atomic E-state index is 14.3. The molecule has 4 nitrogen and oxygen atoms in total. The number of carbonyl (C=O) groups excluding carboxylic acids is 1. The molecule has 0 bridgehead atoms. The average Bonchev–Trinajstić information content (AvgIpc) is 2.73. The summed E-state index contributed by atoms with van der Waals surface area (Å²) in [5.74, 6) is -1.26. The molecule has 0 spiro atoms. The molecule has 0 aromatic heterocycles. The number of rotatable bonds is 4. The number of halogens is 3. The molecule has 0 radical (unpaired) electrons. The molecule has 24 heavy (non-hydrogen) atoms.